The third-order valence-electron chi connectivity index (χ3n) is 3.75. The Morgan fingerprint density at radius 1 is 1.47 bits per heavy atom. The number of nitrogens with zero attached hydrogens (tertiary/aromatic N) is 1. The van der Waals surface area contributed by atoms with Gasteiger partial charge >= 0.3 is 0 Å². The lowest BCUT2D eigenvalue weighted by molar-refractivity contribution is -0.132. The Labute approximate surface area is 119 Å². The van der Waals surface area contributed by atoms with E-state index in [0.717, 1.165) is 42.9 Å². The number of hydrogen-bond acceptors (Lipinski definition) is 2. The summed E-state index contributed by atoms with van der Waals surface area (Å²) >= 11 is 6.10. The Hall–Kier alpha value is -1.06. The lowest BCUT2D eigenvalue weighted by Crippen LogP contribution is -2.47. The molecule has 3 nitrogen and oxygen atoms in total. The van der Waals surface area contributed by atoms with Crippen molar-refractivity contribution >= 4 is 17.5 Å². The normalized spacial score (nSPS) is 19.5. The number of likely N-dealkylation sites (N-methyl/N-ethyl adjacent to an activating group) is 1. The van der Waals surface area contributed by atoms with Gasteiger partial charge in [0.25, 0.3) is 0 Å². The van der Waals surface area contributed by atoms with Crippen molar-refractivity contribution in [2.24, 2.45) is 0 Å². The number of hydrogen-bond donors (Lipinski definition) is 1. The van der Waals surface area contributed by atoms with Gasteiger partial charge in [-0.15, -0.1) is 0 Å². The Morgan fingerprint density at radius 2 is 2.26 bits per heavy atom. The van der Waals surface area contributed by atoms with Crippen LogP contribution in [0.4, 0.5) is 0 Å². The van der Waals surface area contributed by atoms with Crippen molar-refractivity contribution in [3.8, 4) is 0 Å². The average molecular weight is 281 g/mol. The Morgan fingerprint density at radius 3 is 3.00 bits per heavy atom. The van der Waals surface area contributed by atoms with Crippen molar-refractivity contribution in [1.82, 2.24) is 10.2 Å². The first kappa shape index (κ1) is 14.4. The van der Waals surface area contributed by atoms with Gasteiger partial charge in [0.2, 0.25) is 5.91 Å². The molecule has 1 N–H and O–H groups in total. The van der Waals surface area contributed by atoms with Gasteiger partial charge in [-0.25, -0.2) is 0 Å². The maximum absolute atomic E-state index is 12.2. The van der Waals surface area contributed by atoms with Crippen molar-refractivity contribution in [2.75, 3.05) is 20.1 Å². The summed E-state index contributed by atoms with van der Waals surface area (Å²) in [5.74, 6) is 0.236. The van der Waals surface area contributed by atoms with Crippen LogP contribution in [0.25, 0.3) is 0 Å². The van der Waals surface area contributed by atoms with E-state index in [-0.39, 0.29) is 5.91 Å². The minimum Gasteiger partial charge on any atom is -0.341 e. The van der Waals surface area contributed by atoms with Crippen molar-refractivity contribution in [2.45, 2.75) is 31.7 Å². The number of benzene rings is 1. The Kier molecular flexibility index (Phi) is 5.23. The Bertz CT molecular complexity index is 436. The van der Waals surface area contributed by atoms with Crippen LogP contribution in [0.1, 0.15) is 24.8 Å². The third-order valence-corrected chi connectivity index (χ3v) is 4.12. The molecule has 0 aromatic heterocycles. The molecule has 1 atom stereocenters. The SMILES string of the molecule is CN[C@@H]1CCCN(C(=O)CCc2ccccc2Cl)C1. The topological polar surface area (TPSA) is 32.3 Å². The average Bonchev–Trinajstić information content (AvgIpc) is 2.46. The molecular formula is C15H21ClN2O. The van der Waals surface area contributed by atoms with Gasteiger partial charge in [-0.1, -0.05) is 29.8 Å². The van der Waals surface area contributed by atoms with Gasteiger partial charge in [-0.2, -0.15) is 0 Å². The van der Waals surface area contributed by atoms with E-state index in [1.807, 2.05) is 36.2 Å². The summed E-state index contributed by atoms with van der Waals surface area (Å²) in [6.45, 7) is 1.72. The first-order valence-corrected chi connectivity index (χ1v) is 7.27. The molecule has 1 heterocycles. The molecule has 0 spiro atoms. The fourth-order valence-corrected chi connectivity index (χ4v) is 2.77. The predicted molar refractivity (Wildman–Crippen MR) is 78.4 cm³/mol. The molecule has 0 bridgehead atoms. The second kappa shape index (κ2) is 6.92. The van der Waals surface area contributed by atoms with Gasteiger partial charge in [0.1, 0.15) is 0 Å². The number of rotatable bonds is 4. The van der Waals surface area contributed by atoms with E-state index in [1.54, 1.807) is 0 Å². The summed E-state index contributed by atoms with van der Waals surface area (Å²) in [7, 11) is 1.96. The van der Waals surface area contributed by atoms with Crippen LogP contribution in [-0.4, -0.2) is 37.0 Å². The predicted octanol–water partition coefficient (Wildman–Crippen LogP) is 2.48. The number of piperidine rings is 1. The lowest BCUT2D eigenvalue weighted by atomic mass is 10.0. The fraction of sp³-hybridized carbons (Fsp3) is 0.533. The summed E-state index contributed by atoms with van der Waals surface area (Å²) in [5.41, 5.74) is 1.06. The lowest BCUT2D eigenvalue weighted by Gasteiger charge is -2.32. The summed E-state index contributed by atoms with van der Waals surface area (Å²) < 4.78 is 0. The second-order valence-corrected chi connectivity index (χ2v) is 5.47. The summed E-state index contributed by atoms with van der Waals surface area (Å²) in [6, 6.07) is 8.18. The highest BCUT2D eigenvalue weighted by Crippen LogP contribution is 2.18. The molecule has 0 radical (unpaired) electrons. The Balaban J connectivity index is 1.86. The van der Waals surface area contributed by atoms with E-state index in [1.165, 1.54) is 0 Å². The highest BCUT2D eigenvalue weighted by atomic mass is 35.5. The molecular weight excluding hydrogens is 260 g/mol. The zero-order chi connectivity index (χ0) is 13.7. The van der Waals surface area contributed by atoms with Crippen LogP contribution in [0, 0.1) is 0 Å². The van der Waals surface area contributed by atoms with E-state index >= 15 is 0 Å². The molecule has 1 aromatic rings. The minimum absolute atomic E-state index is 0.236. The van der Waals surface area contributed by atoms with E-state index in [2.05, 4.69) is 5.32 Å². The van der Waals surface area contributed by atoms with Crippen molar-refractivity contribution < 1.29 is 4.79 Å². The summed E-state index contributed by atoms with van der Waals surface area (Å²) in [4.78, 5) is 14.2. The van der Waals surface area contributed by atoms with Gasteiger partial charge in [0.05, 0.1) is 0 Å². The maximum Gasteiger partial charge on any atom is 0.222 e. The quantitative estimate of drug-likeness (QED) is 0.919. The second-order valence-electron chi connectivity index (χ2n) is 5.06. The van der Waals surface area contributed by atoms with E-state index in [4.69, 9.17) is 11.6 Å². The smallest absolute Gasteiger partial charge is 0.222 e. The zero-order valence-corrected chi connectivity index (χ0v) is 12.1. The molecule has 0 aliphatic carbocycles. The molecule has 1 aliphatic heterocycles. The van der Waals surface area contributed by atoms with Gasteiger partial charge < -0.3 is 10.2 Å². The molecule has 1 fully saturated rings. The first-order chi connectivity index (χ1) is 9.20. The van der Waals surface area contributed by atoms with Gasteiger partial charge in [0, 0.05) is 30.6 Å². The van der Waals surface area contributed by atoms with Crippen LogP contribution in [0.3, 0.4) is 0 Å². The largest absolute Gasteiger partial charge is 0.341 e. The van der Waals surface area contributed by atoms with Gasteiger partial charge in [-0.05, 0) is 37.9 Å². The highest BCUT2D eigenvalue weighted by Gasteiger charge is 2.22. The van der Waals surface area contributed by atoms with Crippen LogP contribution in [0.5, 0.6) is 0 Å². The monoisotopic (exact) mass is 280 g/mol. The summed E-state index contributed by atoms with van der Waals surface area (Å²) in [5, 5.41) is 4.01. The molecule has 0 unspecified atom stereocenters. The third kappa shape index (κ3) is 3.95. The number of likely N-dealkylation sites (tertiary alicyclic amines) is 1. The molecule has 104 valence electrons. The van der Waals surface area contributed by atoms with Crippen LogP contribution >= 0.6 is 11.6 Å². The molecule has 0 saturated carbocycles. The number of aryl methyl sites for hydroxylation is 1. The minimum atomic E-state index is 0.236. The highest BCUT2D eigenvalue weighted by molar-refractivity contribution is 6.31. The molecule has 1 aromatic carbocycles. The standard InChI is InChI=1S/C15H21ClN2O/c1-17-13-6-4-10-18(11-13)15(19)9-8-12-5-2-3-7-14(12)16/h2-3,5,7,13,17H,4,6,8-11H2,1H3/t13-/m1/s1. The zero-order valence-electron chi connectivity index (χ0n) is 11.4. The molecule has 4 heteroatoms. The van der Waals surface area contributed by atoms with Crippen LogP contribution < -0.4 is 5.32 Å². The van der Waals surface area contributed by atoms with Gasteiger partial charge in [0.15, 0.2) is 0 Å². The van der Waals surface area contributed by atoms with E-state index < -0.39 is 0 Å². The van der Waals surface area contributed by atoms with Crippen LogP contribution in [-0.2, 0) is 11.2 Å². The molecule has 1 aliphatic rings. The fourth-order valence-electron chi connectivity index (χ4n) is 2.54. The number of nitrogens with one attached hydrogen (secondary N) is 1. The first-order valence-electron chi connectivity index (χ1n) is 6.89. The molecule has 2 rings (SSSR count). The summed E-state index contributed by atoms with van der Waals surface area (Å²) in [6.07, 6.45) is 3.51. The number of amides is 1. The molecule has 1 amide bonds. The van der Waals surface area contributed by atoms with E-state index in [9.17, 15) is 4.79 Å². The number of carbonyl (C=O) groups is 1. The van der Waals surface area contributed by atoms with Crippen molar-refractivity contribution in [3.05, 3.63) is 34.9 Å². The van der Waals surface area contributed by atoms with Crippen LogP contribution in [0.2, 0.25) is 5.02 Å². The van der Waals surface area contributed by atoms with Gasteiger partial charge in [-0.3, -0.25) is 4.79 Å². The van der Waals surface area contributed by atoms with Crippen LogP contribution in [0.15, 0.2) is 24.3 Å². The maximum atomic E-state index is 12.2. The molecule has 19 heavy (non-hydrogen) atoms. The number of halogens is 1. The van der Waals surface area contributed by atoms with Crippen molar-refractivity contribution in [1.29, 1.82) is 0 Å². The number of carbonyl (C=O) groups excluding carboxylic acids is 1. The van der Waals surface area contributed by atoms with E-state index in [0.29, 0.717) is 12.5 Å². The van der Waals surface area contributed by atoms with Crippen molar-refractivity contribution in [3.63, 3.8) is 0 Å². The molecule has 1 saturated heterocycles.